The molecule has 0 aliphatic heterocycles. The molecule has 3 N–H and O–H groups in total. The van der Waals surface area contributed by atoms with Gasteiger partial charge in [0.2, 0.25) is 0 Å². The largest absolute Gasteiger partial charge is 0.480 e. The highest BCUT2D eigenvalue weighted by Gasteiger charge is 2.16. The summed E-state index contributed by atoms with van der Waals surface area (Å²) in [7, 11) is 3.48. The molecule has 0 aromatic heterocycles. The number of rotatable bonds is 6. The normalized spacial score (nSPS) is 11.9. The second-order valence-corrected chi connectivity index (χ2v) is 3.39. The standard InChI is InChI=1S/C9H19N3O3/c1-7(8(13)14)11-9(15)12(3)6-4-5-10-2/h7,10H,4-6H2,1-3H3,(H,11,15)(H,13,14)/t7-/m1/s1. The van der Waals surface area contributed by atoms with E-state index in [1.807, 2.05) is 7.05 Å². The molecule has 88 valence electrons. The number of urea groups is 1. The van der Waals surface area contributed by atoms with Gasteiger partial charge in [-0.15, -0.1) is 0 Å². The van der Waals surface area contributed by atoms with Crippen molar-refractivity contribution in [1.82, 2.24) is 15.5 Å². The van der Waals surface area contributed by atoms with Crippen LogP contribution >= 0.6 is 0 Å². The Morgan fingerprint density at radius 1 is 1.47 bits per heavy atom. The average Bonchev–Trinajstić information content (AvgIpc) is 2.17. The summed E-state index contributed by atoms with van der Waals surface area (Å²) in [5.74, 6) is -1.04. The first-order valence-electron chi connectivity index (χ1n) is 4.88. The summed E-state index contributed by atoms with van der Waals surface area (Å²) in [4.78, 5) is 23.3. The van der Waals surface area contributed by atoms with Gasteiger partial charge in [0.1, 0.15) is 6.04 Å². The monoisotopic (exact) mass is 217 g/mol. The zero-order valence-electron chi connectivity index (χ0n) is 9.41. The van der Waals surface area contributed by atoms with Gasteiger partial charge < -0.3 is 20.6 Å². The van der Waals surface area contributed by atoms with Crippen LogP contribution in [-0.2, 0) is 4.79 Å². The molecular weight excluding hydrogens is 198 g/mol. The number of amides is 2. The van der Waals surface area contributed by atoms with Gasteiger partial charge in [0.05, 0.1) is 0 Å². The van der Waals surface area contributed by atoms with Crippen molar-refractivity contribution >= 4 is 12.0 Å². The fraction of sp³-hybridized carbons (Fsp3) is 0.778. The van der Waals surface area contributed by atoms with Gasteiger partial charge in [-0.2, -0.15) is 0 Å². The molecule has 6 nitrogen and oxygen atoms in total. The second-order valence-electron chi connectivity index (χ2n) is 3.39. The minimum absolute atomic E-state index is 0.360. The Hall–Kier alpha value is -1.30. The highest BCUT2D eigenvalue weighted by molar-refractivity contribution is 5.82. The van der Waals surface area contributed by atoms with E-state index < -0.39 is 12.0 Å². The summed E-state index contributed by atoms with van der Waals surface area (Å²) in [6, 6.07) is -1.22. The predicted molar refractivity (Wildman–Crippen MR) is 56.8 cm³/mol. The number of nitrogens with one attached hydrogen (secondary N) is 2. The highest BCUT2D eigenvalue weighted by atomic mass is 16.4. The molecule has 0 aromatic rings. The SMILES string of the molecule is CNCCCN(C)C(=O)N[C@H](C)C(=O)O. The molecule has 0 saturated carbocycles. The number of carboxylic acid groups (broad SMARTS) is 1. The molecule has 0 bridgehead atoms. The minimum atomic E-state index is -1.04. The van der Waals surface area contributed by atoms with Gasteiger partial charge in [-0.25, -0.2) is 4.79 Å². The minimum Gasteiger partial charge on any atom is -0.480 e. The molecular formula is C9H19N3O3. The van der Waals surface area contributed by atoms with E-state index in [1.165, 1.54) is 11.8 Å². The Balaban J connectivity index is 3.83. The number of nitrogens with zero attached hydrogens (tertiary/aromatic N) is 1. The van der Waals surface area contributed by atoms with Gasteiger partial charge in [0.25, 0.3) is 0 Å². The molecule has 0 aromatic carbocycles. The van der Waals surface area contributed by atoms with E-state index in [0.29, 0.717) is 6.54 Å². The Morgan fingerprint density at radius 2 is 2.07 bits per heavy atom. The van der Waals surface area contributed by atoms with Crippen LogP contribution in [0.15, 0.2) is 0 Å². The van der Waals surface area contributed by atoms with Crippen LogP contribution in [0.4, 0.5) is 4.79 Å². The first-order chi connectivity index (χ1) is 6.99. The summed E-state index contributed by atoms with van der Waals surface area (Å²) in [6.07, 6.45) is 0.835. The maximum absolute atomic E-state index is 11.4. The third kappa shape index (κ3) is 5.90. The lowest BCUT2D eigenvalue weighted by atomic mass is 10.3. The molecule has 2 amide bonds. The van der Waals surface area contributed by atoms with E-state index in [1.54, 1.807) is 7.05 Å². The maximum Gasteiger partial charge on any atom is 0.325 e. The van der Waals surface area contributed by atoms with Crippen molar-refractivity contribution in [3.63, 3.8) is 0 Å². The third-order valence-electron chi connectivity index (χ3n) is 1.98. The molecule has 0 fully saturated rings. The van der Waals surface area contributed by atoms with Gasteiger partial charge in [0, 0.05) is 13.6 Å². The third-order valence-corrected chi connectivity index (χ3v) is 1.98. The summed E-state index contributed by atoms with van der Waals surface area (Å²) in [5.41, 5.74) is 0. The van der Waals surface area contributed by atoms with Crippen LogP contribution in [0.3, 0.4) is 0 Å². The van der Waals surface area contributed by atoms with Gasteiger partial charge in [0.15, 0.2) is 0 Å². The first kappa shape index (κ1) is 13.7. The van der Waals surface area contributed by atoms with Gasteiger partial charge >= 0.3 is 12.0 Å². The summed E-state index contributed by atoms with van der Waals surface area (Å²) >= 11 is 0. The van der Waals surface area contributed by atoms with Crippen LogP contribution in [0.2, 0.25) is 0 Å². The van der Waals surface area contributed by atoms with E-state index in [4.69, 9.17) is 5.11 Å². The van der Waals surface area contributed by atoms with Crippen molar-refractivity contribution in [3.8, 4) is 0 Å². The number of carbonyl (C=O) groups excluding carboxylic acids is 1. The molecule has 0 saturated heterocycles. The second kappa shape index (κ2) is 7.05. The lowest BCUT2D eigenvalue weighted by Gasteiger charge is -2.19. The molecule has 0 heterocycles. The molecule has 0 radical (unpaired) electrons. The van der Waals surface area contributed by atoms with Gasteiger partial charge in [-0.05, 0) is 26.9 Å². The van der Waals surface area contributed by atoms with Crippen molar-refractivity contribution in [2.45, 2.75) is 19.4 Å². The quantitative estimate of drug-likeness (QED) is 0.534. The van der Waals surface area contributed by atoms with Gasteiger partial charge in [-0.1, -0.05) is 0 Å². The van der Waals surface area contributed by atoms with Crippen molar-refractivity contribution in [3.05, 3.63) is 0 Å². The maximum atomic E-state index is 11.4. The number of aliphatic carboxylic acids is 1. The fourth-order valence-corrected chi connectivity index (χ4v) is 0.952. The van der Waals surface area contributed by atoms with Crippen LogP contribution in [0.1, 0.15) is 13.3 Å². The number of hydrogen-bond acceptors (Lipinski definition) is 3. The highest BCUT2D eigenvalue weighted by Crippen LogP contribution is 1.90. The molecule has 0 aliphatic carbocycles. The lowest BCUT2D eigenvalue weighted by Crippen LogP contribution is -2.45. The summed E-state index contributed by atoms with van der Waals surface area (Å²) in [5, 5.41) is 13.9. The smallest absolute Gasteiger partial charge is 0.325 e. The number of hydrogen-bond donors (Lipinski definition) is 3. The van der Waals surface area contributed by atoms with E-state index in [0.717, 1.165) is 13.0 Å². The van der Waals surface area contributed by atoms with Crippen molar-refractivity contribution in [2.75, 3.05) is 27.2 Å². The number of carboxylic acids is 1. The fourth-order valence-electron chi connectivity index (χ4n) is 0.952. The molecule has 0 unspecified atom stereocenters. The Bertz CT molecular complexity index is 221. The average molecular weight is 217 g/mol. The van der Waals surface area contributed by atoms with Crippen molar-refractivity contribution < 1.29 is 14.7 Å². The first-order valence-corrected chi connectivity index (χ1v) is 4.88. The molecule has 1 atom stereocenters. The Morgan fingerprint density at radius 3 is 2.53 bits per heavy atom. The molecule has 0 rings (SSSR count). The van der Waals surface area contributed by atoms with E-state index in [-0.39, 0.29) is 6.03 Å². The van der Waals surface area contributed by atoms with Crippen LogP contribution in [0.25, 0.3) is 0 Å². The Labute approximate surface area is 89.6 Å². The number of carbonyl (C=O) groups is 2. The summed E-state index contributed by atoms with van der Waals surface area (Å²) in [6.45, 7) is 2.85. The zero-order valence-corrected chi connectivity index (χ0v) is 9.41. The summed E-state index contributed by atoms with van der Waals surface area (Å²) < 4.78 is 0. The zero-order chi connectivity index (χ0) is 11.8. The predicted octanol–water partition coefficient (Wildman–Crippen LogP) is -0.290. The molecule has 6 heteroatoms. The topological polar surface area (TPSA) is 81.7 Å². The molecule has 0 spiro atoms. The van der Waals surface area contributed by atoms with Crippen molar-refractivity contribution in [2.24, 2.45) is 0 Å². The van der Waals surface area contributed by atoms with Crippen LogP contribution in [-0.4, -0.2) is 55.2 Å². The van der Waals surface area contributed by atoms with Crippen molar-refractivity contribution in [1.29, 1.82) is 0 Å². The lowest BCUT2D eigenvalue weighted by molar-refractivity contribution is -0.138. The van der Waals surface area contributed by atoms with E-state index in [9.17, 15) is 9.59 Å². The van der Waals surface area contributed by atoms with Crippen LogP contribution in [0.5, 0.6) is 0 Å². The van der Waals surface area contributed by atoms with Crippen LogP contribution in [0, 0.1) is 0 Å². The van der Waals surface area contributed by atoms with E-state index >= 15 is 0 Å². The Kier molecular flexibility index (Phi) is 6.44. The van der Waals surface area contributed by atoms with Gasteiger partial charge in [-0.3, -0.25) is 4.79 Å². The molecule has 0 aliphatic rings. The van der Waals surface area contributed by atoms with Crippen LogP contribution < -0.4 is 10.6 Å². The van der Waals surface area contributed by atoms with E-state index in [2.05, 4.69) is 10.6 Å². The molecule has 15 heavy (non-hydrogen) atoms.